The van der Waals surface area contributed by atoms with Gasteiger partial charge in [-0.2, -0.15) is 4.31 Å². The second kappa shape index (κ2) is 11.6. The molecule has 1 aliphatic rings. The molecule has 0 radical (unpaired) electrons. The van der Waals surface area contributed by atoms with Crippen LogP contribution in [0.15, 0.2) is 53.4 Å². The molecule has 0 spiro atoms. The molecule has 1 amide bonds. The highest BCUT2D eigenvalue weighted by atomic mass is 32.2. The predicted octanol–water partition coefficient (Wildman–Crippen LogP) is 4.56. The van der Waals surface area contributed by atoms with E-state index in [4.69, 9.17) is 17.0 Å². The highest BCUT2D eigenvalue weighted by Gasteiger charge is 2.25. The number of hydrogen-bond acceptors (Lipinski definition) is 5. The van der Waals surface area contributed by atoms with Crippen LogP contribution in [0.3, 0.4) is 0 Å². The summed E-state index contributed by atoms with van der Waals surface area (Å²) in [7, 11) is -3.51. The lowest BCUT2D eigenvalue weighted by atomic mass is 10.2. The molecular formula is C24H31N3O4S2. The molecule has 0 saturated carbocycles. The van der Waals surface area contributed by atoms with E-state index < -0.39 is 10.0 Å². The van der Waals surface area contributed by atoms with E-state index in [0.29, 0.717) is 30.1 Å². The second-order valence-corrected chi connectivity index (χ2v) is 10.5. The maximum absolute atomic E-state index is 12.9. The third-order valence-corrected chi connectivity index (χ3v) is 7.69. The first-order chi connectivity index (χ1) is 15.8. The number of ether oxygens (including phenoxy) is 1. The lowest BCUT2D eigenvalue weighted by molar-refractivity contribution is 0.0977. The maximum Gasteiger partial charge on any atom is 0.257 e. The zero-order chi connectivity index (χ0) is 23.8. The third-order valence-electron chi connectivity index (χ3n) is 5.57. The van der Waals surface area contributed by atoms with E-state index in [1.807, 2.05) is 13.8 Å². The number of sulfonamides is 1. The number of amides is 1. The smallest absolute Gasteiger partial charge is 0.257 e. The number of nitrogens with one attached hydrogen (secondary N) is 2. The van der Waals surface area contributed by atoms with Gasteiger partial charge in [-0.1, -0.05) is 19.8 Å². The minimum atomic E-state index is -3.51. The number of benzene rings is 2. The molecule has 3 rings (SSSR count). The van der Waals surface area contributed by atoms with Crippen molar-refractivity contribution >= 4 is 38.9 Å². The van der Waals surface area contributed by atoms with Gasteiger partial charge in [0, 0.05) is 24.3 Å². The van der Waals surface area contributed by atoms with Crippen LogP contribution in [0, 0.1) is 0 Å². The molecular weight excluding hydrogens is 458 g/mol. The molecule has 2 N–H and O–H groups in total. The van der Waals surface area contributed by atoms with E-state index in [0.717, 1.165) is 32.1 Å². The van der Waals surface area contributed by atoms with E-state index in [1.54, 1.807) is 52.8 Å². The van der Waals surface area contributed by atoms with Crippen LogP contribution in [-0.4, -0.2) is 42.9 Å². The third kappa shape index (κ3) is 6.99. The summed E-state index contributed by atoms with van der Waals surface area (Å²) in [6.07, 6.45) is 4.91. The Morgan fingerprint density at radius 3 is 2.21 bits per heavy atom. The summed E-state index contributed by atoms with van der Waals surface area (Å²) in [5.41, 5.74) is 1.04. The monoisotopic (exact) mass is 489 g/mol. The Labute approximate surface area is 201 Å². The Hall–Kier alpha value is -2.49. The Bertz CT molecular complexity index is 1050. The number of anilines is 1. The first kappa shape index (κ1) is 25.1. The minimum absolute atomic E-state index is 0.104. The van der Waals surface area contributed by atoms with Crippen molar-refractivity contribution in [3.05, 3.63) is 54.1 Å². The van der Waals surface area contributed by atoms with Crippen molar-refractivity contribution in [2.75, 3.05) is 18.4 Å². The molecule has 9 heteroatoms. The average Bonchev–Trinajstić information content (AvgIpc) is 3.10. The molecule has 33 heavy (non-hydrogen) atoms. The van der Waals surface area contributed by atoms with Gasteiger partial charge < -0.3 is 10.1 Å². The van der Waals surface area contributed by atoms with Gasteiger partial charge in [0.1, 0.15) is 5.75 Å². The van der Waals surface area contributed by atoms with Crippen LogP contribution in [-0.2, 0) is 10.0 Å². The van der Waals surface area contributed by atoms with Crippen LogP contribution in [0.4, 0.5) is 5.69 Å². The number of rotatable bonds is 7. The highest BCUT2D eigenvalue weighted by Crippen LogP contribution is 2.22. The zero-order valence-electron chi connectivity index (χ0n) is 19.0. The molecule has 2 aromatic carbocycles. The molecule has 1 aliphatic heterocycles. The molecule has 0 aliphatic carbocycles. The van der Waals surface area contributed by atoms with Crippen LogP contribution in [0.25, 0.3) is 0 Å². The summed E-state index contributed by atoms with van der Waals surface area (Å²) in [5.74, 6) is 0.361. The Kier molecular flexibility index (Phi) is 8.82. The molecule has 0 aromatic heterocycles. The van der Waals surface area contributed by atoms with E-state index >= 15 is 0 Å². The minimum Gasteiger partial charge on any atom is -0.491 e. The fourth-order valence-electron chi connectivity index (χ4n) is 3.48. The zero-order valence-corrected chi connectivity index (χ0v) is 20.7. The molecule has 7 nitrogen and oxygen atoms in total. The Morgan fingerprint density at radius 2 is 1.64 bits per heavy atom. The number of nitrogens with zero attached hydrogens (tertiary/aromatic N) is 1. The van der Waals surface area contributed by atoms with E-state index in [9.17, 15) is 13.2 Å². The average molecular weight is 490 g/mol. The first-order valence-electron chi connectivity index (χ1n) is 11.3. The molecule has 1 saturated heterocycles. The standard InChI is InChI=1S/C24H31N3O4S2/c1-3-18(2)31-21-12-8-19(9-13-21)23(28)26-24(32)25-20-10-14-22(15-11-20)33(29,30)27-16-6-4-5-7-17-27/h8-15,18H,3-7,16-17H2,1-2H3,(H2,25,26,28,32). The number of carbonyl (C=O) groups is 1. The molecule has 2 aromatic rings. The lowest BCUT2D eigenvalue weighted by Gasteiger charge is -2.20. The summed E-state index contributed by atoms with van der Waals surface area (Å²) in [5, 5.41) is 5.68. The van der Waals surface area contributed by atoms with Crippen molar-refractivity contribution in [2.24, 2.45) is 0 Å². The van der Waals surface area contributed by atoms with Gasteiger partial charge in [0.25, 0.3) is 5.91 Å². The molecule has 178 valence electrons. The highest BCUT2D eigenvalue weighted by molar-refractivity contribution is 7.89. The number of carbonyl (C=O) groups excluding carboxylic acids is 1. The first-order valence-corrected chi connectivity index (χ1v) is 13.1. The van der Waals surface area contributed by atoms with Crippen LogP contribution in [0.1, 0.15) is 56.3 Å². The van der Waals surface area contributed by atoms with E-state index in [2.05, 4.69) is 10.6 Å². The second-order valence-electron chi connectivity index (χ2n) is 8.11. The van der Waals surface area contributed by atoms with Crippen LogP contribution in [0.5, 0.6) is 5.75 Å². The van der Waals surface area contributed by atoms with E-state index in [-0.39, 0.29) is 22.0 Å². The van der Waals surface area contributed by atoms with Gasteiger partial charge >= 0.3 is 0 Å². The fraction of sp³-hybridized carbons (Fsp3) is 0.417. The Morgan fingerprint density at radius 1 is 1.03 bits per heavy atom. The van der Waals surface area contributed by atoms with Crippen molar-refractivity contribution in [1.29, 1.82) is 0 Å². The molecule has 1 heterocycles. The van der Waals surface area contributed by atoms with Crippen molar-refractivity contribution < 1.29 is 17.9 Å². The molecule has 1 fully saturated rings. The van der Waals surface area contributed by atoms with Gasteiger partial charge in [0.05, 0.1) is 11.0 Å². The molecule has 1 atom stereocenters. The van der Waals surface area contributed by atoms with Crippen molar-refractivity contribution in [3.8, 4) is 5.75 Å². The van der Waals surface area contributed by atoms with Gasteiger partial charge in [-0.15, -0.1) is 0 Å². The Balaban J connectivity index is 1.56. The van der Waals surface area contributed by atoms with Crippen molar-refractivity contribution in [2.45, 2.75) is 57.0 Å². The van der Waals surface area contributed by atoms with Gasteiger partial charge in [-0.3, -0.25) is 10.1 Å². The van der Waals surface area contributed by atoms with Gasteiger partial charge in [0.2, 0.25) is 10.0 Å². The SMILES string of the molecule is CCC(C)Oc1ccc(C(=O)NC(=S)Nc2ccc(S(=O)(=O)N3CCCCCC3)cc2)cc1. The fourth-order valence-corrected chi connectivity index (χ4v) is 5.21. The number of hydrogen-bond donors (Lipinski definition) is 2. The summed E-state index contributed by atoms with van der Waals surface area (Å²) < 4.78 is 33.1. The van der Waals surface area contributed by atoms with Crippen LogP contribution in [0.2, 0.25) is 0 Å². The van der Waals surface area contributed by atoms with Gasteiger partial charge in [-0.25, -0.2) is 8.42 Å². The summed E-state index contributed by atoms with van der Waals surface area (Å²) in [6.45, 7) is 5.15. The van der Waals surface area contributed by atoms with Gasteiger partial charge in [0.15, 0.2) is 5.11 Å². The van der Waals surface area contributed by atoms with Crippen LogP contribution < -0.4 is 15.4 Å². The maximum atomic E-state index is 12.9. The lowest BCUT2D eigenvalue weighted by Crippen LogP contribution is -2.34. The van der Waals surface area contributed by atoms with Crippen LogP contribution >= 0.6 is 12.2 Å². The summed E-state index contributed by atoms with van der Waals surface area (Å²) in [4.78, 5) is 12.7. The summed E-state index contributed by atoms with van der Waals surface area (Å²) in [6, 6.07) is 13.3. The molecule has 1 unspecified atom stereocenters. The predicted molar refractivity (Wildman–Crippen MR) is 134 cm³/mol. The number of thiocarbonyl (C=S) groups is 1. The van der Waals surface area contributed by atoms with E-state index in [1.165, 1.54) is 0 Å². The normalized spacial score (nSPS) is 15.8. The summed E-state index contributed by atoms with van der Waals surface area (Å²) >= 11 is 5.24. The quantitative estimate of drug-likeness (QED) is 0.555. The van der Waals surface area contributed by atoms with Crippen molar-refractivity contribution in [1.82, 2.24) is 9.62 Å². The van der Waals surface area contributed by atoms with Crippen molar-refractivity contribution in [3.63, 3.8) is 0 Å². The largest absolute Gasteiger partial charge is 0.491 e. The topological polar surface area (TPSA) is 87.7 Å². The molecule has 0 bridgehead atoms. The van der Waals surface area contributed by atoms with Gasteiger partial charge in [-0.05, 0) is 86.9 Å².